The van der Waals surface area contributed by atoms with Gasteiger partial charge in [-0.2, -0.15) is 0 Å². The van der Waals surface area contributed by atoms with Gasteiger partial charge in [-0.05, 0) is 77.5 Å². The molecular weight excluding hydrogens is 518 g/mol. The predicted molar refractivity (Wildman–Crippen MR) is 149 cm³/mol. The Morgan fingerprint density at radius 2 is 1.77 bits per heavy atom. The van der Waals surface area contributed by atoms with Gasteiger partial charge in [-0.15, -0.1) is 0 Å². The quantitative estimate of drug-likeness (QED) is 0.408. The highest BCUT2D eigenvalue weighted by Gasteiger charge is 2.36. The minimum Gasteiger partial charge on any atom is -0.495 e. The van der Waals surface area contributed by atoms with Gasteiger partial charge in [0.25, 0.3) is 5.91 Å². The Morgan fingerprint density at radius 1 is 1.10 bits per heavy atom. The van der Waals surface area contributed by atoms with E-state index in [9.17, 15) is 18.0 Å². The average Bonchev–Trinajstić information content (AvgIpc) is 3.15. The normalized spacial score (nSPS) is 20.3. The molecule has 0 saturated heterocycles. The highest BCUT2D eigenvalue weighted by atomic mass is 32.2. The van der Waals surface area contributed by atoms with E-state index in [4.69, 9.17) is 9.84 Å². The van der Waals surface area contributed by atoms with Crippen molar-refractivity contribution in [2.45, 2.75) is 95.7 Å². The highest BCUT2D eigenvalue weighted by molar-refractivity contribution is 7.89. The van der Waals surface area contributed by atoms with Gasteiger partial charge >= 0.3 is 5.97 Å². The number of amides is 1. The number of sulfonamides is 1. The van der Waals surface area contributed by atoms with Gasteiger partial charge in [0.2, 0.25) is 10.0 Å². The molecule has 1 aromatic heterocycles. The molecule has 0 bridgehead atoms. The summed E-state index contributed by atoms with van der Waals surface area (Å²) >= 11 is 0. The zero-order chi connectivity index (χ0) is 28.5. The molecule has 0 atom stereocenters. The first kappa shape index (κ1) is 29.1. The van der Waals surface area contributed by atoms with Crippen molar-refractivity contribution in [1.82, 2.24) is 14.6 Å². The Balaban J connectivity index is 1.69. The smallest absolute Gasteiger partial charge is 0.306 e. The van der Waals surface area contributed by atoms with Crippen LogP contribution < -0.4 is 14.8 Å². The maximum absolute atomic E-state index is 13.3. The van der Waals surface area contributed by atoms with E-state index in [0.29, 0.717) is 24.3 Å². The maximum atomic E-state index is 13.3. The number of nitrogens with zero attached hydrogens (tertiary/aromatic N) is 1. The van der Waals surface area contributed by atoms with Crippen molar-refractivity contribution in [1.29, 1.82) is 0 Å². The number of aromatic nitrogens is 1. The highest BCUT2D eigenvalue weighted by Crippen LogP contribution is 2.35. The molecule has 1 amide bonds. The first-order valence-electron chi connectivity index (χ1n) is 13.7. The second-order valence-electron chi connectivity index (χ2n) is 12.0. The van der Waals surface area contributed by atoms with E-state index in [1.165, 1.54) is 26.4 Å². The zero-order valence-corrected chi connectivity index (χ0v) is 24.4. The van der Waals surface area contributed by atoms with Crippen molar-refractivity contribution in [3.05, 3.63) is 35.5 Å². The standard InChI is InChI=1S/C29H41N3O6S/c1-18-23(27(33)30-22-13-21(14-22)28(34)35)16-24(32(18)17-19-9-7-6-8-10-19)20-11-12-26(25(15-20)38-5)39(36,37)31-29(2,3)4/h11-12,15-16,19,21-22,31H,6-10,13-14,17H2,1-5H3,(H,30,33)(H,34,35). The SMILES string of the molecule is COc1cc(-c2cc(C(=O)NC3CC(C(=O)O)C3)c(C)n2CC2CCCCC2)ccc1S(=O)(=O)NC(C)(C)C. The van der Waals surface area contributed by atoms with Crippen molar-refractivity contribution in [3.8, 4) is 17.0 Å². The Labute approximate surface area is 231 Å². The number of carbonyl (C=O) groups excluding carboxylic acids is 1. The van der Waals surface area contributed by atoms with Crippen LogP contribution in [0.3, 0.4) is 0 Å². The number of carbonyl (C=O) groups is 2. The van der Waals surface area contributed by atoms with Gasteiger partial charge in [0.15, 0.2) is 0 Å². The second-order valence-corrected chi connectivity index (χ2v) is 13.7. The number of ether oxygens (including phenoxy) is 1. The molecule has 3 N–H and O–H groups in total. The van der Waals surface area contributed by atoms with Crippen molar-refractivity contribution in [2.75, 3.05) is 7.11 Å². The molecule has 0 radical (unpaired) electrons. The van der Waals surface area contributed by atoms with Gasteiger partial charge in [0.1, 0.15) is 10.6 Å². The third-order valence-electron chi connectivity index (χ3n) is 7.79. The van der Waals surface area contributed by atoms with Crippen LogP contribution >= 0.6 is 0 Å². The van der Waals surface area contributed by atoms with Gasteiger partial charge in [0.05, 0.1) is 18.6 Å². The largest absolute Gasteiger partial charge is 0.495 e. The molecule has 9 nitrogen and oxygen atoms in total. The fourth-order valence-electron chi connectivity index (χ4n) is 5.68. The summed E-state index contributed by atoms with van der Waals surface area (Å²) in [5.41, 5.74) is 2.32. The number of nitrogens with one attached hydrogen (secondary N) is 2. The lowest BCUT2D eigenvalue weighted by molar-refractivity contribution is -0.145. The Morgan fingerprint density at radius 3 is 2.36 bits per heavy atom. The van der Waals surface area contributed by atoms with Crippen LogP contribution in [-0.2, 0) is 21.4 Å². The molecule has 1 aromatic carbocycles. The maximum Gasteiger partial charge on any atom is 0.306 e. The minimum atomic E-state index is -3.82. The van der Waals surface area contributed by atoms with Crippen LogP contribution in [0.5, 0.6) is 5.75 Å². The van der Waals surface area contributed by atoms with Crippen LogP contribution in [-0.4, -0.2) is 48.7 Å². The van der Waals surface area contributed by atoms with E-state index >= 15 is 0 Å². The molecule has 39 heavy (non-hydrogen) atoms. The molecule has 2 saturated carbocycles. The Bertz CT molecular complexity index is 1330. The number of benzene rings is 1. The molecule has 2 aromatic rings. The number of methoxy groups -OCH3 is 1. The summed E-state index contributed by atoms with van der Waals surface area (Å²) in [6.07, 6.45) is 6.78. The van der Waals surface area contributed by atoms with Crippen LogP contribution in [0.4, 0.5) is 0 Å². The molecule has 0 unspecified atom stereocenters. The fourth-order valence-corrected chi connectivity index (χ4v) is 7.26. The number of rotatable bonds is 9. The van der Waals surface area contributed by atoms with Crippen LogP contribution in [0, 0.1) is 18.8 Å². The summed E-state index contributed by atoms with van der Waals surface area (Å²) < 4.78 is 36.5. The fraction of sp³-hybridized carbons (Fsp3) is 0.586. The first-order valence-corrected chi connectivity index (χ1v) is 15.2. The lowest BCUT2D eigenvalue weighted by Crippen LogP contribution is -2.46. The third kappa shape index (κ3) is 6.66. The van der Waals surface area contributed by atoms with Gasteiger partial charge in [-0.1, -0.05) is 25.3 Å². The monoisotopic (exact) mass is 559 g/mol. The number of hydrogen-bond donors (Lipinski definition) is 3. The number of hydrogen-bond acceptors (Lipinski definition) is 5. The van der Waals surface area contributed by atoms with E-state index < -0.39 is 27.4 Å². The molecule has 2 aliphatic carbocycles. The van der Waals surface area contributed by atoms with Gasteiger partial charge in [-0.3, -0.25) is 9.59 Å². The molecule has 4 rings (SSSR count). The molecule has 10 heteroatoms. The Hall–Kier alpha value is -2.85. The van der Waals surface area contributed by atoms with E-state index in [1.807, 2.05) is 13.0 Å². The molecular formula is C29H41N3O6S. The topological polar surface area (TPSA) is 127 Å². The van der Waals surface area contributed by atoms with Crippen LogP contribution in [0.1, 0.15) is 81.8 Å². The summed E-state index contributed by atoms with van der Waals surface area (Å²) in [5.74, 6) is -0.717. The lowest BCUT2D eigenvalue weighted by atomic mass is 9.80. The van der Waals surface area contributed by atoms with E-state index in [-0.39, 0.29) is 22.6 Å². The van der Waals surface area contributed by atoms with Crippen LogP contribution in [0.25, 0.3) is 11.3 Å². The summed E-state index contributed by atoms with van der Waals surface area (Å²) in [7, 11) is -2.37. The van der Waals surface area contributed by atoms with E-state index in [1.54, 1.807) is 39.0 Å². The summed E-state index contributed by atoms with van der Waals surface area (Å²) in [4.78, 5) is 24.5. The molecule has 0 aliphatic heterocycles. The Kier molecular flexibility index (Phi) is 8.47. The summed E-state index contributed by atoms with van der Waals surface area (Å²) in [5, 5.41) is 12.2. The predicted octanol–water partition coefficient (Wildman–Crippen LogP) is 4.72. The van der Waals surface area contributed by atoms with Crippen LogP contribution in [0.2, 0.25) is 0 Å². The number of carboxylic acid groups (broad SMARTS) is 1. The van der Waals surface area contributed by atoms with Crippen molar-refractivity contribution in [3.63, 3.8) is 0 Å². The molecule has 1 heterocycles. The molecule has 2 fully saturated rings. The van der Waals surface area contributed by atoms with Gasteiger partial charge in [-0.25, -0.2) is 13.1 Å². The van der Waals surface area contributed by atoms with Gasteiger partial charge < -0.3 is 19.7 Å². The van der Waals surface area contributed by atoms with Gasteiger partial charge in [0, 0.05) is 35.1 Å². The zero-order valence-electron chi connectivity index (χ0n) is 23.5. The second kappa shape index (κ2) is 11.3. The molecule has 0 spiro atoms. The van der Waals surface area contributed by atoms with Crippen LogP contribution in [0.15, 0.2) is 29.2 Å². The van der Waals surface area contributed by atoms with Crippen molar-refractivity contribution >= 4 is 21.9 Å². The first-order chi connectivity index (χ1) is 18.3. The minimum absolute atomic E-state index is 0.0571. The summed E-state index contributed by atoms with van der Waals surface area (Å²) in [6, 6.07) is 6.74. The average molecular weight is 560 g/mol. The van der Waals surface area contributed by atoms with E-state index in [2.05, 4.69) is 14.6 Å². The third-order valence-corrected chi connectivity index (χ3v) is 9.59. The molecule has 214 valence electrons. The number of carboxylic acids is 1. The number of aliphatic carboxylic acids is 1. The van der Waals surface area contributed by atoms with E-state index in [0.717, 1.165) is 36.3 Å². The lowest BCUT2D eigenvalue weighted by Gasteiger charge is -2.32. The molecule has 2 aliphatic rings. The van der Waals surface area contributed by atoms with Crippen molar-refractivity contribution in [2.24, 2.45) is 11.8 Å². The summed E-state index contributed by atoms with van der Waals surface area (Å²) in [6.45, 7) is 8.05. The van der Waals surface area contributed by atoms with Crippen molar-refractivity contribution < 1.29 is 27.9 Å².